The summed E-state index contributed by atoms with van der Waals surface area (Å²) in [5.74, 6) is 0.543. The molecular formula is C21H17NO7. The number of ether oxygens (including phenoxy) is 2. The first kappa shape index (κ1) is 19.8. The Kier molecular flexibility index (Phi) is 5.73. The van der Waals surface area contributed by atoms with E-state index < -0.39 is 16.5 Å². The zero-order valence-electron chi connectivity index (χ0n) is 15.7. The van der Waals surface area contributed by atoms with Crippen LogP contribution >= 0.6 is 0 Å². The largest absolute Gasteiger partial charge is 0.457 e. The average Bonchev–Trinajstić information content (AvgIpc) is 2.66. The van der Waals surface area contributed by atoms with Crippen molar-refractivity contribution in [3.63, 3.8) is 0 Å². The molecule has 1 heterocycles. The summed E-state index contributed by atoms with van der Waals surface area (Å²) in [4.78, 5) is 33.9. The Bertz CT molecular complexity index is 1090. The van der Waals surface area contributed by atoms with Crippen molar-refractivity contribution in [2.24, 2.45) is 0 Å². The van der Waals surface area contributed by atoms with Gasteiger partial charge < -0.3 is 13.9 Å². The molecule has 29 heavy (non-hydrogen) atoms. The van der Waals surface area contributed by atoms with Gasteiger partial charge in [-0.1, -0.05) is 12.1 Å². The van der Waals surface area contributed by atoms with E-state index in [-0.39, 0.29) is 23.6 Å². The molecule has 3 rings (SSSR count). The Morgan fingerprint density at radius 3 is 2.45 bits per heavy atom. The van der Waals surface area contributed by atoms with Crippen LogP contribution in [0.3, 0.4) is 0 Å². The van der Waals surface area contributed by atoms with Crippen molar-refractivity contribution in [2.45, 2.75) is 20.5 Å². The smallest absolute Gasteiger partial charge is 0.342 e. The van der Waals surface area contributed by atoms with Crippen LogP contribution in [-0.2, 0) is 11.3 Å². The zero-order chi connectivity index (χ0) is 21.0. The van der Waals surface area contributed by atoms with Crippen molar-refractivity contribution in [3.8, 4) is 11.5 Å². The third-order valence-corrected chi connectivity index (χ3v) is 4.09. The first-order valence-corrected chi connectivity index (χ1v) is 8.63. The molecular weight excluding hydrogens is 378 g/mol. The van der Waals surface area contributed by atoms with Crippen LogP contribution in [0.5, 0.6) is 11.5 Å². The molecule has 0 saturated heterocycles. The summed E-state index contributed by atoms with van der Waals surface area (Å²) in [5.41, 5.74) is 0.848. The first-order chi connectivity index (χ1) is 13.8. The van der Waals surface area contributed by atoms with E-state index in [9.17, 15) is 19.7 Å². The summed E-state index contributed by atoms with van der Waals surface area (Å²) < 4.78 is 16.0. The lowest BCUT2D eigenvalue weighted by atomic mass is 10.1. The van der Waals surface area contributed by atoms with Gasteiger partial charge in [-0.15, -0.1) is 0 Å². The Balaban J connectivity index is 1.68. The summed E-state index contributed by atoms with van der Waals surface area (Å²) >= 11 is 0. The molecule has 0 N–H and O–H groups in total. The number of benzene rings is 2. The fraction of sp³-hybridized carbons (Fsp3) is 0.143. The van der Waals surface area contributed by atoms with Crippen molar-refractivity contribution in [1.29, 1.82) is 0 Å². The standard InChI is InChI=1S/C21H17NO7/c1-13-10-19(23)28-14(2)20(13)21(24)27-12-15-4-3-5-18(11-15)29-17-8-6-16(7-9-17)22(25)26/h3-11H,12H2,1-2H3. The molecule has 2 aromatic carbocycles. The molecule has 3 aromatic rings. The molecule has 0 bridgehead atoms. The molecule has 0 saturated carbocycles. The van der Waals surface area contributed by atoms with E-state index in [1.54, 1.807) is 31.2 Å². The predicted molar refractivity (Wildman–Crippen MR) is 103 cm³/mol. The van der Waals surface area contributed by atoms with Crippen molar-refractivity contribution in [1.82, 2.24) is 0 Å². The number of hydrogen-bond donors (Lipinski definition) is 0. The van der Waals surface area contributed by atoms with Crippen LogP contribution in [0.2, 0.25) is 0 Å². The molecule has 1 aromatic heterocycles. The second-order valence-corrected chi connectivity index (χ2v) is 6.26. The van der Waals surface area contributed by atoms with Gasteiger partial charge in [0, 0.05) is 18.2 Å². The van der Waals surface area contributed by atoms with Crippen LogP contribution in [0.1, 0.15) is 27.2 Å². The molecule has 0 aliphatic carbocycles. The van der Waals surface area contributed by atoms with E-state index in [0.717, 1.165) is 0 Å². The summed E-state index contributed by atoms with van der Waals surface area (Å²) in [5, 5.41) is 10.7. The molecule has 148 valence electrons. The zero-order valence-corrected chi connectivity index (χ0v) is 15.7. The molecule has 0 aliphatic rings. The lowest BCUT2D eigenvalue weighted by Gasteiger charge is -2.10. The van der Waals surface area contributed by atoms with Gasteiger partial charge in [-0.3, -0.25) is 10.1 Å². The van der Waals surface area contributed by atoms with E-state index in [2.05, 4.69) is 0 Å². The minimum atomic E-state index is -0.592. The van der Waals surface area contributed by atoms with Gasteiger partial charge >= 0.3 is 11.6 Å². The molecule has 0 radical (unpaired) electrons. The van der Waals surface area contributed by atoms with Gasteiger partial charge in [-0.2, -0.15) is 0 Å². The minimum Gasteiger partial charge on any atom is -0.457 e. The van der Waals surface area contributed by atoms with Crippen LogP contribution in [0.4, 0.5) is 5.69 Å². The number of rotatable bonds is 6. The number of aryl methyl sites for hydroxylation is 2. The van der Waals surface area contributed by atoms with Gasteiger partial charge in [-0.05, 0) is 49.2 Å². The maximum Gasteiger partial charge on any atom is 0.342 e. The van der Waals surface area contributed by atoms with Crippen LogP contribution < -0.4 is 10.4 Å². The van der Waals surface area contributed by atoms with Crippen molar-refractivity contribution < 1.29 is 23.6 Å². The lowest BCUT2D eigenvalue weighted by Crippen LogP contribution is -2.12. The number of carbonyl (C=O) groups excluding carboxylic acids is 1. The third-order valence-electron chi connectivity index (χ3n) is 4.09. The third kappa shape index (κ3) is 4.86. The van der Waals surface area contributed by atoms with Crippen LogP contribution in [0, 0.1) is 24.0 Å². The Hall–Kier alpha value is -3.94. The first-order valence-electron chi connectivity index (χ1n) is 8.63. The Morgan fingerprint density at radius 2 is 1.79 bits per heavy atom. The van der Waals surface area contributed by atoms with Crippen LogP contribution in [0.15, 0.2) is 63.8 Å². The Morgan fingerprint density at radius 1 is 1.07 bits per heavy atom. The number of hydrogen-bond acceptors (Lipinski definition) is 7. The van der Waals surface area contributed by atoms with Gasteiger partial charge in [0.05, 0.1) is 4.92 Å². The SMILES string of the molecule is Cc1cc(=O)oc(C)c1C(=O)OCc1cccc(Oc2ccc([N+](=O)[O-])cc2)c1. The normalized spacial score (nSPS) is 10.4. The predicted octanol–water partition coefficient (Wildman–Crippen LogP) is 4.31. The monoisotopic (exact) mass is 395 g/mol. The number of esters is 1. The number of non-ortho nitro benzene ring substituents is 1. The maximum absolute atomic E-state index is 12.4. The molecule has 8 heteroatoms. The summed E-state index contributed by atoms with van der Waals surface area (Å²) in [7, 11) is 0. The number of nitro groups is 1. The van der Waals surface area contributed by atoms with Crippen molar-refractivity contribution in [2.75, 3.05) is 0 Å². The second-order valence-electron chi connectivity index (χ2n) is 6.26. The van der Waals surface area contributed by atoms with Crippen LogP contribution in [-0.4, -0.2) is 10.9 Å². The van der Waals surface area contributed by atoms with Gasteiger partial charge in [0.25, 0.3) is 5.69 Å². The molecule has 0 amide bonds. The number of nitro benzene ring substituents is 1. The van der Waals surface area contributed by atoms with Gasteiger partial charge in [0.2, 0.25) is 0 Å². The lowest BCUT2D eigenvalue weighted by molar-refractivity contribution is -0.384. The highest BCUT2D eigenvalue weighted by atomic mass is 16.6. The fourth-order valence-corrected chi connectivity index (χ4v) is 2.75. The van der Waals surface area contributed by atoms with E-state index >= 15 is 0 Å². The summed E-state index contributed by atoms with van der Waals surface area (Å²) in [6.07, 6.45) is 0. The molecule has 8 nitrogen and oxygen atoms in total. The molecule has 0 spiro atoms. The number of carbonyl (C=O) groups is 1. The highest BCUT2D eigenvalue weighted by Crippen LogP contribution is 2.25. The topological polar surface area (TPSA) is 109 Å². The second kappa shape index (κ2) is 8.39. The van der Waals surface area contributed by atoms with Gasteiger partial charge in [0.1, 0.15) is 29.4 Å². The fourth-order valence-electron chi connectivity index (χ4n) is 2.75. The molecule has 0 unspecified atom stereocenters. The minimum absolute atomic E-state index is 0.00565. The van der Waals surface area contributed by atoms with E-state index in [0.29, 0.717) is 22.6 Å². The number of nitrogens with zero attached hydrogens (tertiary/aromatic N) is 1. The van der Waals surface area contributed by atoms with E-state index in [4.69, 9.17) is 13.9 Å². The highest BCUT2D eigenvalue weighted by Gasteiger charge is 2.17. The van der Waals surface area contributed by atoms with E-state index in [1.165, 1.54) is 37.3 Å². The average molecular weight is 395 g/mol. The highest BCUT2D eigenvalue weighted by molar-refractivity contribution is 5.91. The maximum atomic E-state index is 12.4. The van der Waals surface area contributed by atoms with Crippen molar-refractivity contribution in [3.05, 3.63) is 97.6 Å². The summed E-state index contributed by atoms with van der Waals surface area (Å²) in [6, 6.07) is 13.9. The van der Waals surface area contributed by atoms with E-state index in [1.807, 2.05) is 0 Å². The Labute approximate surface area is 165 Å². The molecule has 0 atom stereocenters. The van der Waals surface area contributed by atoms with Gasteiger partial charge in [-0.25, -0.2) is 9.59 Å². The molecule has 0 aliphatic heterocycles. The van der Waals surface area contributed by atoms with Crippen LogP contribution in [0.25, 0.3) is 0 Å². The van der Waals surface area contributed by atoms with Gasteiger partial charge in [0.15, 0.2) is 0 Å². The quantitative estimate of drug-likeness (QED) is 0.347. The van der Waals surface area contributed by atoms with Crippen molar-refractivity contribution >= 4 is 11.7 Å². The molecule has 0 fully saturated rings. The summed E-state index contributed by atoms with van der Waals surface area (Å²) in [6.45, 7) is 3.16.